The lowest BCUT2D eigenvalue weighted by Gasteiger charge is -2.62. The van der Waals surface area contributed by atoms with Crippen molar-refractivity contribution in [1.29, 1.82) is 5.26 Å². The standard InChI is InChI=1S/C35H34FNO8/c1-32-14-12-22(38)18-21(32)8-11-27-26-13-15-34(31(42)43-17-16-37,33(26,2)20-29(40)35(27,32)36)45-30(41)25-10-9-24(19-28(25)39)44-23-6-4-3-5-7-23/h3-7,9-10,12,14,18-19,26-27,29,39-40H,8,11,13,15,17,20H2,1-2H3/t26-,27-,29-,32-,33-,34?,35?/m0/s1. The fraction of sp³-hybridized carbons (Fsp3) is 0.429. The SMILES string of the molecule is C[C@]12C=CC(=O)C=C1CC[C@H]1[C@@H]3CCC(OC(=O)c4ccc(Oc5ccccc5)cc4O)(C(=O)OCC#N)[C@@]3(C)C[C@H](O)C12F. The van der Waals surface area contributed by atoms with Crippen molar-refractivity contribution < 1.29 is 43.2 Å². The number of halogens is 1. The number of para-hydroxylation sites is 1. The van der Waals surface area contributed by atoms with Gasteiger partial charge in [0.25, 0.3) is 0 Å². The number of nitrogens with zero attached hydrogens (tertiary/aromatic N) is 1. The largest absolute Gasteiger partial charge is 0.507 e. The van der Waals surface area contributed by atoms with Crippen molar-refractivity contribution in [1.82, 2.24) is 0 Å². The summed E-state index contributed by atoms with van der Waals surface area (Å²) in [6.07, 6.45) is 3.47. The zero-order chi connectivity index (χ0) is 32.2. The summed E-state index contributed by atoms with van der Waals surface area (Å²) in [6, 6.07) is 14.6. The highest BCUT2D eigenvalue weighted by Gasteiger charge is 2.76. The van der Waals surface area contributed by atoms with E-state index < -0.39 is 64.3 Å². The number of allylic oxidation sites excluding steroid dienone is 4. The Bertz CT molecular complexity index is 1670. The number of ether oxygens (including phenoxy) is 3. The average molecular weight is 616 g/mol. The molecule has 2 N–H and O–H groups in total. The predicted molar refractivity (Wildman–Crippen MR) is 158 cm³/mol. The number of phenolic OH excluding ortho intramolecular Hbond substituents is 1. The van der Waals surface area contributed by atoms with Gasteiger partial charge in [0.1, 0.15) is 28.9 Å². The number of aromatic hydroxyl groups is 1. The van der Waals surface area contributed by atoms with Crippen molar-refractivity contribution in [3.05, 3.63) is 77.9 Å². The number of phenols is 1. The third-order valence-electron chi connectivity index (χ3n) is 10.8. The van der Waals surface area contributed by atoms with E-state index in [1.54, 1.807) is 50.3 Å². The molecular formula is C35H34FNO8. The van der Waals surface area contributed by atoms with Crippen LogP contribution in [0, 0.1) is 34.0 Å². The van der Waals surface area contributed by atoms with Crippen LogP contribution in [0.1, 0.15) is 56.3 Å². The molecule has 2 aromatic rings. The van der Waals surface area contributed by atoms with Crippen molar-refractivity contribution in [2.45, 2.75) is 63.3 Å². The van der Waals surface area contributed by atoms with Gasteiger partial charge in [0.2, 0.25) is 5.60 Å². The molecule has 2 aromatic carbocycles. The molecular weight excluding hydrogens is 581 g/mol. The van der Waals surface area contributed by atoms with Crippen molar-refractivity contribution in [2.24, 2.45) is 22.7 Å². The summed E-state index contributed by atoms with van der Waals surface area (Å²) in [6.45, 7) is 2.79. The number of nitriles is 1. The number of ketones is 1. The molecule has 0 bridgehead atoms. The van der Waals surface area contributed by atoms with E-state index in [2.05, 4.69) is 0 Å². The molecule has 0 aliphatic heterocycles. The quantitative estimate of drug-likeness (QED) is 0.402. The topological polar surface area (TPSA) is 143 Å². The Morgan fingerprint density at radius 2 is 1.84 bits per heavy atom. The van der Waals surface area contributed by atoms with E-state index in [1.165, 1.54) is 30.4 Å². The van der Waals surface area contributed by atoms with Crippen LogP contribution in [0.25, 0.3) is 0 Å². The first-order chi connectivity index (χ1) is 21.4. The number of aliphatic hydroxyl groups excluding tert-OH is 1. The molecule has 10 heteroatoms. The number of aliphatic hydroxyl groups is 1. The van der Waals surface area contributed by atoms with E-state index in [0.717, 1.165) is 0 Å². The smallest absolute Gasteiger partial charge is 0.352 e. The van der Waals surface area contributed by atoms with Crippen molar-refractivity contribution >= 4 is 17.7 Å². The first-order valence-corrected chi connectivity index (χ1v) is 15.0. The molecule has 2 unspecified atom stereocenters. The zero-order valence-corrected chi connectivity index (χ0v) is 25.0. The fourth-order valence-corrected chi connectivity index (χ4v) is 8.54. The number of fused-ring (bicyclic) bond motifs is 5. The molecule has 9 nitrogen and oxygen atoms in total. The maximum atomic E-state index is 17.5. The minimum atomic E-state index is -2.15. The Kier molecular flexibility index (Phi) is 7.36. The van der Waals surface area contributed by atoms with Crippen LogP contribution < -0.4 is 4.74 Å². The second-order valence-electron chi connectivity index (χ2n) is 12.8. The second kappa shape index (κ2) is 10.8. The van der Waals surface area contributed by atoms with Gasteiger partial charge in [-0.05, 0) is 81.4 Å². The minimum Gasteiger partial charge on any atom is -0.507 e. The van der Waals surface area contributed by atoms with Gasteiger partial charge >= 0.3 is 11.9 Å². The lowest BCUT2D eigenvalue weighted by Crippen LogP contribution is -2.69. The Hall–Kier alpha value is -4.49. The first kappa shape index (κ1) is 30.5. The highest BCUT2D eigenvalue weighted by molar-refractivity contribution is 6.01. The van der Waals surface area contributed by atoms with Gasteiger partial charge in [0, 0.05) is 22.8 Å². The Balaban J connectivity index is 1.34. The van der Waals surface area contributed by atoms with Crippen LogP contribution in [0.15, 0.2) is 72.3 Å². The molecule has 4 aliphatic carbocycles. The van der Waals surface area contributed by atoms with Gasteiger partial charge in [-0.1, -0.05) is 36.8 Å². The molecule has 0 amide bonds. The van der Waals surface area contributed by atoms with E-state index in [0.29, 0.717) is 24.2 Å². The average Bonchev–Trinajstić information content (AvgIpc) is 3.29. The van der Waals surface area contributed by atoms with Gasteiger partial charge in [-0.3, -0.25) is 4.79 Å². The van der Waals surface area contributed by atoms with Crippen LogP contribution in [0.3, 0.4) is 0 Å². The molecule has 0 aromatic heterocycles. The van der Waals surface area contributed by atoms with Gasteiger partial charge in [0.15, 0.2) is 18.1 Å². The van der Waals surface area contributed by atoms with Crippen LogP contribution in [0.4, 0.5) is 4.39 Å². The minimum absolute atomic E-state index is 0.0346. The number of hydrogen-bond donors (Lipinski definition) is 2. The molecule has 3 fully saturated rings. The van der Waals surface area contributed by atoms with E-state index >= 15 is 4.39 Å². The van der Waals surface area contributed by atoms with E-state index in [9.17, 15) is 24.6 Å². The van der Waals surface area contributed by atoms with E-state index in [1.807, 2.05) is 6.07 Å². The van der Waals surface area contributed by atoms with Crippen molar-refractivity contribution in [3.8, 4) is 23.3 Å². The van der Waals surface area contributed by atoms with Gasteiger partial charge in [-0.25, -0.2) is 14.0 Å². The van der Waals surface area contributed by atoms with Gasteiger partial charge < -0.3 is 24.4 Å². The number of hydrogen-bond acceptors (Lipinski definition) is 9. The molecule has 0 saturated heterocycles. The molecule has 0 radical (unpaired) electrons. The van der Waals surface area contributed by atoms with Crippen LogP contribution in [-0.4, -0.2) is 51.9 Å². The number of rotatable bonds is 6. The van der Waals surface area contributed by atoms with E-state index in [-0.39, 0.29) is 36.4 Å². The fourth-order valence-electron chi connectivity index (χ4n) is 8.54. The third-order valence-corrected chi connectivity index (χ3v) is 10.8. The van der Waals surface area contributed by atoms with Crippen molar-refractivity contribution in [3.63, 3.8) is 0 Å². The number of alkyl halides is 1. The zero-order valence-electron chi connectivity index (χ0n) is 25.0. The van der Waals surface area contributed by atoms with Gasteiger partial charge in [-0.15, -0.1) is 0 Å². The van der Waals surface area contributed by atoms with Crippen LogP contribution >= 0.6 is 0 Å². The Labute approximate surface area is 259 Å². The normalized spacial score (nSPS) is 34.8. The molecule has 7 atom stereocenters. The van der Waals surface area contributed by atoms with Crippen LogP contribution in [0.5, 0.6) is 17.2 Å². The molecule has 4 aliphatic rings. The molecule has 45 heavy (non-hydrogen) atoms. The molecule has 3 saturated carbocycles. The number of carbonyl (C=O) groups is 3. The summed E-state index contributed by atoms with van der Waals surface area (Å²) < 4.78 is 34.6. The van der Waals surface area contributed by atoms with Gasteiger partial charge in [-0.2, -0.15) is 5.26 Å². The maximum absolute atomic E-state index is 17.5. The summed E-state index contributed by atoms with van der Waals surface area (Å²) in [5, 5.41) is 31.6. The molecule has 0 spiro atoms. The highest BCUT2D eigenvalue weighted by atomic mass is 19.1. The summed E-state index contributed by atoms with van der Waals surface area (Å²) in [5.74, 6) is -3.13. The lowest BCUT2D eigenvalue weighted by atomic mass is 9.45. The summed E-state index contributed by atoms with van der Waals surface area (Å²) in [7, 11) is 0. The number of carbonyl (C=O) groups excluding carboxylic acids is 3. The van der Waals surface area contributed by atoms with Gasteiger partial charge in [0.05, 0.1) is 6.10 Å². The highest BCUT2D eigenvalue weighted by Crippen LogP contribution is 2.70. The molecule has 0 heterocycles. The lowest BCUT2D eigenvalue weighted by molar-refractivity contribution is -0.224. The number of benzene rings is 2. The Morgan fingerprint density at radius 3 is 2.56 bits per heavy atom. The monoisotopic (exact) mass is 615 g/mol. The van der Waals surface area contributed by atoms with E-state index in [4.69, 9.17) is 19.5 Å². The summed E-state index contributed by atoms with van der Waals surface area (Å²) >= 11 is 0. The summed E-state index contributed by atoms with van der Waals surface area (Å²) in [4.78, 5) is 39.6. The Morgan fingerprint density at radius 1 is 1.09 bits per heavy atom. The van der Waals surface area contributed by atoms with Crippen molar-refractivity contribution in [2.75, 3.05) is 6.61 Å². The second-order valence-corrected chi connectivity index (χ2v) is 12.8. The predicted octanol–water partition coefficient (Wildman–Crippen LogP) is 5.52. The number of esters is 2. The van der Waals surface area contributed by atoms with Crippen LogP contribution in [0.2, 0.25) is 0 Å². The summed E-state index contributed by atoms with van der Waals surface area (Å²) in [5.41, 5.74) is -6.26. The van der Waals surface area contributed by atoms with Crippen LogP contribution in [-0.2, 0) is 19.1 Å². The first-order valence-electron chi connectivity index (χ1n) is 15.0. The third kappa shape index (κ3) is 4.47. The maximum Gasteiger partial charge on any atom is 0.352 e. The molecule has 234 valence electrons. The molecule has 6 rings (SSSR count).